The summed E-state index contributed by atoms with van der Waals surface area (Å²) >= 11 is 0. The summed E-state index contributed by atoms with van der Waals surface area (Å²) in [5.41, 5.74) is 0.980. The number of anilines is 1. The molecule has 0 fully saturated rings. The quantitative estimate of drug-likeness (QED) is 0.521. The zero-order chi connectivity index (χ0) is 20.5. The van der Waals surface area contributed by atoms with Gasteiger partial charge in [-0.05, 0) is 37.3 Å². The highest BCUT2D eigenvalue weighted by molar-refractivity contribution is 5.95. The number of rotatable bonds is 9. The first-order valence-corrected chi connectivity index (χ1v) is 8.34. The molecule has 2 rings (SSSR count). The van der Waals surface area contributed by atoms with E-state index in [4.69, 9.17) is 18.9 Å². The molecule has 0 saturated carbocycles. The van der Waals surface area contributed by atoms with Gasteiger partial charge in [-0.1, -0.05) is 6.07 Å². The highest BCUT2D eigenvalue weighted by Crippen LogP contribution is 2.28. The molecular formula is C20H21NO7. The number of nitrogens with one attached hydrogen (secondary N) is 1. The van der Waals surface area contributed by atoms with E-state index in [0.717, 1.165) is 0 Å². The molecule has 2 aromatic carbocycles. The summed E-state index contributed by atoms with van der Waals surface area (Å²) in [5, 5.41) is 2.59. The molecule has 0 aliphatic heterocycles. The lowest BCUT2D eigenvalue weighted by Crippen LogP contribution is -2.23. The number of benzene rings is 2. The largest absolute Gasteiger partial charge is 0.497 e. The molecule has 0 unspecified atom stereocenters. The topological polar surface area (TPSA) is 100 Å². The molecule has 0 aliphatic rings. The van der Waals surface area contributed by atoms with Crippen LogP contribution in [0.3, 0.4) is 0 Å². The van der Waals surface area contributed by atoms with E-state index in [9.17, 15) is 14.4 Å². The third kappa shape index (κ3) is 6.01. The van der Waals surface area contributed by atoms with Crippen LogP contribution in [0.2, 0.25) is 0 Å². The fraction of sp³-hybridized carbons (Fsp3) is 0.250. The number of esters is 1. The average Bonchev–Trinajstić information content (AvgIpc) is 2.70. The second-order valence-corrected chi connectivity index (χ2v) is 5.65. The Balaban J connectivity index is 1.82. The molecule has 1 N–H and O–H groups in total. The minimum absolute atomic E-state index is 0.119. The van der Waals surface area contributed by atoms with Crippen molar-refractivity contribution >= 4 is 23.3 Å². The summed E-state index contributed by atoms with van der Waals surface area (Å²) in [4.78, 5) is 35.1. The van der Waals surface area contributed by atoms with Crippen molar-refractivity contribution in [2.24, 2.45) is 0 Å². The smallest absolute Gasteiger partial charge is 0.344 e. The molecule has 2 aromatic rings. The van der Waals surface area contributed by atoms with E-state index in [1.807, 2.05) is 0 Å². The van der Waals surface area contributed by atoms with Crippen molar-refractivity contribution in [2.75, 3.05) is 32.8 Å². The van der Waals surface area contributed by atoms with E-state index in [0.29, 0.717) is 22.7 Å². The second kappa shape index (κ2) is 9.96. The molecule has 0 saturated heterocycles. The Kier molecular flexibility index (Phi) is 7.38. The lowest BCUT2D eigenvalue weighted by molar-refractivity contribution is -0.149. The van der Waals surface area contributed by atoms with Gasteiger partial charge < -0.3 is 24.3 Å². The summed E-state index contributed by atoms with van der Waals surface area (Å²) in [6, 6.07) is 11.4. The minimum Gasteiger partial charge on any atom is -0.497 e. The van der Waals surface area contributed by atoms with Gasteiger partial charge in [0.1, 0.15) is 5.75 Å². The highest BCUT2D eigenvalue weighted by atomic mass is 16.6. The molecule has 148 valence electrons. The molecule has 0 atom stereocenters. The zero-order valence-corrected chi connectivity index (χ0v) is 15.8. The Morgan fingerprint density at radius 3 is 2.39 bits per heavy atom. The number of carbonyl (C=O) groups is 3. The standard InChI is InChI=1S/C20H21NO7/c1-13(22)14-7-8-17(18(9-14)26-3)27-12-20(24)28-11-19(23)21-15-5-4-6-16(10-15)25-2/h4-10H,11-12H2,1-3H3,(H,21,23). The molecule has 0 spiro atoms. The first-order chi connectivity index (χ1) is 13.4. The van der Waals surface area contributed by atoms with Gasteiger partial charge in [-0.25, -0.2) is 4.79 Å². The summed E-state index contributed by atoms with van der Waals surface area (Å²) < 4.78 is 20.4. The predicted octanol–water partition coefficient (Wildman–Crippen LogP) is 2.47. The van der Waals surface area contributed by atoms with Crippen LogP contribution in [0, 0.1) is 0 Å². The molecule has 0 radical (unpaired) electrons. The number of carbonyl (C=O) groups excluding carboxylic acids is 3. The Hall–Kier alpha value is -3.55. The number of hydrogen-bond acceptors (Lipinski definition) is 7. The van der Waals surface area contributed by atoms with Crippen LogP contribution in [0.1, 0.15) is 17.3 Å². The van der Waals surface area contributed by atoms with E-state index in [1.54, 1.807) is 30.3 Å². The van der Waals surface area contributed by atoms with Gasteiger partial charge in [0, 0.05) is 17.3 Å². The molecule has 1 amide bonds. The third-order valence-corrected chi connectivity index (χ3v) is 3.63. The molecular weight excluding hydrogens is 366 g/mol. The summed E-state index contributed by atoms with van der Waals surface area (Å²) in [5.74, 6) is -0.149. The van der Waals surface area contributed by atoms with Gasteiger partial charge in [-0.3, -0.25) is 9.59 Å². The number of ketones is 1. The van der Waals surface area contributed by atoms with Crippen LogP contribution in [0.25, 0.3) is 0 Å². The van der Waals surface area contributed by atoms with Gasteiger partial charge in [0.2, 0.25) is 0 Å². The van der Waals surface area contributed by atoms with E-state index >= 15 is 0 Å². The average molecular weight is 387 g/mol. The molecule has 0 aliphatic carbocycles. The SMILES string of the molecule is COc1cccc(NC(=O)COC(=O)COc2ccc(C(C)=O)cc2OC)c1. The number of amides is 1. The van der Waals surface area contributed by atoms with E-state index in [-0.39, 0.29) is 11.5 Å². The monoisotopic (exact) mass is 387 g/mol. The zero-order valence-electron chi connectivity index (χ0n) is 15.8. The second-order valence-electron chi connectivity index (χ2n) is 5.65. The van der Waals surface area contributed by atoms with Crippen molar-refractivity contribution in [3.63, 3.8) is 0 Å². The Morgan fingerprint density at radius 1 is 0.929 bits per heavy atom. The van der Waals surface area contributed by atoms with Crippen LogP contribution >= 0.6 is 0 Å². The lowest BCUT2D eigenvalue weighted by Gasteiger charge is -2.11. The van der Waals surface area contributed by atoms with Crippen LogP contribution in [0.5, 0.6) is 17.2 Å². The van der Waals surface area contributed by atoms with Crippen molar-refractivity contribution in [1.82, 2.24) is 0 Å². The van der Waals surface area contributed by atoms with Gasteiger partial charge in [-0.2, -0.15) is 0 Å². The predicted molar refractivity (Wildman–Crippen MR) is 101 cm³/mol. The number of hydrogen-bond donors (Lipinski definition) is 1. The van der Waals surface area contributed by atoms with Crippen LogP contribution < -0.4 is 19.5 Å². The van der Waals surface area contributed by atoms with Gasteiger partial charge in [0.15, 0.2) is 30.5 Å². The Bertz CT molecular complexity index is 863. The number of ether oxygens (including phenoxy) is 4. The fourth-order valence-electron chi connectivity index (χ4n) is 2.23. The normalized spacial score (nSPS) is 9.96. The van der Waals surface area contributed by atoms with Crippen molar-refractivity contribution in [3.8, 4) is 17.2 Å². The van der Waals surface area contributed by atoms with Gasteiger partial charge in [0.05, 0.1) is 14.2 Å². The molecule has 8 nitrogen and oxygen atoms in total. The first kappa shape index (κ1) is 20.8. The third-order valence-electron chi connectivity index (χ3n) is 3.63. The maximum Gasteiger partial charge on any atom is 0.344 e. The van der Waals surface area contributed by atoms with Crippen molar-refractivity contribution in [3.05, 3.63) is 48.0 Å². The van der Waals surface area contributed by atoms with Crippen LogP contribution in [-0.2, 0) is 14.3 Å². The van der Waals surface area contributed by atoms with E-state index in [2.05, 4.69) is 5.32 Å². The number of methoxy groups -OCH3 is 2. The molecule has 8 heteroatoms. The lowest BCUT2D eigenvalue weighted by atomic mass is 10.1. The first-order valence-electron chi connectivity index (χ1n) is 8.34. The summed E-state index contributed by atoms with van der Waals surface area (Å²) in [6.07, 6.45) is 0. The molecule has 0 aromatic heterocycles. The van der Waals surface area contributed by atoms with Crippen LogP contribution in [-0.4, -0.2) is 45.1 Å². The summed E-state index contributed by atoms with van der Waals surface area (Å²) in [7, 11) is 2.94. The molecule has 0 bridgehead atoms. The summed E-state index contributed by atoms with van der Waals surface area (Å²) in [6.45, 7) is 0.561. The van der Waals surface area contributed by atoms with Crippen LogP contribution in [0.4, 0.5) is 5.69 Å². The maximum absolute atomic E-state index is 11.9. The molecule has 0 heterocycles. The van der Waals surface area contributed by atoms with E-state index < -0.39 is 25.1 Å². The van der Waals surface area contributed by atoms with Crippen molar-refractivity contribution in [1.29, 1.82) is 0 Å². The van der Waals surface area contributed by atoms with Crippen molar-refractivity contribution < 1.29 is 33.3 Å². The highest BCUT2D eigenvalue weighted by Gasteiger charge is 2.12. The molecule has 28 heavy (non-hydrogen) atoms. The van der Waals surface area contributed by atoms with Gasteiger partial charge in [-0.15, -0.1) is 0 Å². The number of Topliss-reactive ketones (excluding diaryl/α,β-unsaturated/α-hetero) is 1. The Labute approximate surface area is 162 Å². The van der Waals surface area contributed by atoms with Crippen LogP contribution in [0.15, 0.2) is 42.5 Å². The fourth-order valence-corrected chi connectivity index (χ4v) is 2.23. The van der Waals surface area contributed by atoms with E-state index in [1.165, 1.54) is 33.3 Å². The van der Waals surface area contributed by atoms with Gasteiger partial charge >= 0.3 is 5.97 Å². The minimum atomic E-state index is -0.724. The van der Waals surface area contributed by atoms with Gasteiger partial charge in [0.25, 0.3) is 5.91 Å². The Morgan fingerprint density at radius 2 is 1.71 bits per heavy atom. The maximum atomic E-state index is 11.9. The van der Waals surface area contributed by atoms with Crippen molar-refractivity contribution in [2.45, 2.75) is 6.92 Å².